The van der Waals surface area contributed by atoms with Gasteiger partial charge in [-0.1, -0.05) is 32.9 Å². The Bertz CT molecular complexity index is 365. The second-order valence-electron chi connectivity index (χ2n) is 6.26. The molecule has 19 heavy (non-hydrogen) atoms. The van der Waals surface area contributed by atoms with Crippen molar-refractivity contribution in [2.45, 2.75) is 38.6 Å². The Labute approximate surface area is 117 Å². The molecule has 0 radical (unpaired) electrons. The van der Waals surface area contributed by atoms with E-state index in [1.165, 1.54) is 5.56 Å². The van der Waals surface area contributed by atoms with E-state index >= 15 is 0 Å². The molecule has 0 aliphatic carbocycles. The molecule has 108 valence electrons. The Morgan fingerprint density at radius 3 is 2.16 bits per heavy atom. The first-order valence-electron chi connectivity index (χ1n) is 6.94. The Morgan fingerprint density at radius 1 is 1.16 bits per heavy atom. The molecule has 0 aliphatic rings. The third-order valence-corrected chi connectivity index (χ3v) is 3.44. The molecule has 0 aromatic heterocycles. The summed E-state index contributed by atoms with van der Waals surface area (Å²) in [4.78, 5) is 2.14. The summed E-state index contributed by atoms with van der Waals surface area (Å²) in [5.74, 6) is 0.933. The van der Waals surface area contributed by atoms with Crippen LogP contribution in [0.25, 0.3) is 0 Å². The van der Waals surface area contributed by atoms with Crippen molar-refractivity contribution in [2.75, 3.05) is 27.2 Å². The summed E-state index contributed by atoms with van der Waals surface area (Å²) in [6, 6.07) is 8.76. The number of benzene rings is 1. The van der Waals surface area contributed by atoms with Crippen molar-refractivity contribution in [3.8, 4) is 5.75 Å². The van der Waals surface area contributed by atoms with E-state index in [0.29, 0.717) is 19.2 Å². The van der Waals surface area contributed by atoms with Gasteiger partial charge in [0.05, 0.1) is 6.61 Å². The molecular weight excluding hydrogens is 236 g/mol. The normalized spacial score (nSPS) is 13.6. The third kappa shape index (κ3) is 5.21. The molecule has 3 heteroatoms. The summed E-state index contributed by atoms with van der Waals surface area (Å²) in [7, 11) is 4.10. The Morgan fingerprint density at radius 2 is 1.74 bits per heavy atom. The van der Waals surface area contributed by atoms with E-state index in [-0.39, 0.29) is 5.41 Å². The lowest BCUT2D eigenvalue weighted by atomic mass is 9.87. The van der Waals surface area contributed by atoms with E-state index in [2.05, 4.69) is 51.9 Å². The number of likely N-dealkylation sites (N-methyl/N-ethyl adjacent to an activating group) is 1. The zero-order valence-corrected chi connectivity index (χ0v) is 12.9. The predicted molar refractivity (Wildman–Crippen MR) is 81.8 cm³/mol. The monoisotopic (exact) mass is 264 g/mol. The van der Waals surface area contributed by atoms with Gasteiger partial charge in [0, 0.05) is 12.6 Å². The van der Waals surface area contributed by atoms with E-state index in [4.69, 9.17) is 10.5 Å². The number of rotatable bonds is 6. The Balaban J connectivity index is 2.46. The lowest BCUT2D eigenvalue weighted by molar-refractivity contribution is 0.225. The van der Waals surface area contributed by atoms with Gasteiger partial charge in [0.25, 0.3) is 0 Å². The minimum Gasteiger partial charge on any atom is -0.494 e. The molecule has 1 atom stereocenters. The van der Waals surface area contributed by atoms with Crippen molar-refractivity contribution in [1.29, 1.82) is 0 Å². The van der Waals surface area contributed by atoms with Crippen molar-refractivity contribution in [3.05, 3.63) is 29.8 Å². The fraction of sp³-hybridized carbons (Fsp3) is 0.625. The van der Waals surface area contributed by atoms with Crippen LogP contribution in [0.15, 0.2) is 24.3 Å². The lowest BCUT2D eigenvalue weighted by Gasteiger charge is -2.22. The van der Waals surface area contributed by atoms with Gasteiger partial charge in [0.15, 0.2) is 0 Å². The molecule has 0 aliphatic heterocycles. The number of ether oxygens (including phenoxy) is 1. The number of nitrogens with zero attached hydrogens (tertiary/aromatic N) is 1. The minimum absolute atomic E-state index is 0.189. The molecule has 2 N–H and O–H groups in total. The molecule has 0 heterocycles. The molecular formula is C16H28N2O. The highest BCUT2D eigenvalue weighted by Gasteiger charge is 2.13. The molecule has 0 fully saturated rings. The van der Waals surface area contributed by atoms with Crippen LogP contribution < -0.4 is 10.5 Å². The van der Waals surface area contributed by atoms with Crippen molar-refractivity contribution in [3.63, 3.8) is 0 Å². The summed E-state index contributed by atoms with van der Waals surface area (Å²) in [5.41, 5.74) is 7.24. The molecule has 0 spiro atoms. The maximum absolute atomic E-state index is 5.77. The van der Waals surface area contributed by atoms with Crippen LogP contribution >= 0.6 is 0 Å². The summed E-state index contributed by atoms with van der Waals surface area (Å²) in [5, 5.41) is 0. The molecule has 1 aromatic carbocycles. The highest BCUT2D eigenvalue weighted by Crippen LogP contribution is 2.24. The van der Waals surface area contributed by atoms with Crippen LogP contribution in [-0.2, 0) is 5.41 Å². The predicted octanol–water partition coefficient (Wildman–Crippen LogP) is 2.64. The molecule has 0 bridgehead atoms. The molecule has 0 saturated heterocycles. The maximum atomic E-state index is 5.77. The van der Waals surface area contributed by atoms with Gasteiger partial charge in [-0.05, 0) is 43.6 Å². The highest BCUT2D eigenvalue weighted by molar-refractivity contribution is 5.31. The first kappa shape index (κ1) is 16.0. The maximum Gasteiger partial charge on any atom is 0.119 e. The Kier molecular flexibility index (Phi) is 5.83. The topological polar surface area (TPSA) is 38.5 Å². The molecule has 3 nitrogen and oxygen atoms in total. The van der Waals surface area contributed by atoms with Gasteiger partial charge in [0.1, 0.15) is 5.75 Å². The van der Waals surface area contributed by atoms with Crippen molar-refractivity contribution < 1.29 is 4.74 Å². The second kappa shape index (κ2) is 6.92. The average Bonchev–Trinajstić information content (AvgIpc) is 2.33. The highest BCUT2D eigenvalue weighted by atomic mass is 16.5. The second-order valence-corrected chi connectivity index (χ2v) is 6.26. The smallest absolute Gasteiger partial charge is 0.119 e. The van der Waals surface area contributed by atoms with Crippen LogP contribution in [0, 0.1) is 0 Å². The molecule has 1 rings (SSSR count). The van der Waals surface area contributed by atoms with Crippen LogP contribution in [0.3, 0.4) is 0 Å². The zero-order valence-electron chi connectivity index (χ0n) is 12.9. The van der Waals surface area contributed by atoms with E-state index in [1.807, 2.05) is 12.1 Å². The van der Waals surface area contributed by atoms with Gasteiger partial charge in [-0.2, -0.15) is 0 Å². The third-order valence-electron chi connectivity index (χ3n) is 3.44. The van der Waals surface area contributed by atoms with E-state index in [9.17, 15) is 0 Å². The van der Waals surface area contributed by atoms with Crippen LogP contribution in [0.5, 0.6) is 5.75 Å². The lowest BCUT2D eigenvalue weighted by Crippen LogP contribution is -2.36. The van der Waals surface area contributed by atoms with Crippen LogP contribution in [0.4, 0.5) is 0 Å². The number of hydrogen-bond acceptors (Lipinski definition) is 3. The molecule has 1 aromatic rings. The van der Waals surface area contributed by atoms with Crippen LogP contribution in [-0.4, -0.2) is 38.2 Å². The molecule has 0 amide bonds. The SMILES string of the molecule is CN(C)C(CN)CCOc1ccc(C(C)(C)C)cc1. The average molecular weight is 264 g/mol. The van der Waals surface area contributed by atoms with Crippen LogP contribution in [0.2, 0.25) is 0 Å². The zero-order chi connectivity index (χ0) is 14.5. The standard InChI is InChI=1S/C16H28N2O/c1-16(2,3)13-6-8-15(9-7-13)19-11-10-14(12-17)18(4)5/h6-9,14H,10-12,17H2,1-5H3. The summed E-state index contributed by atoms with van der Waals surface area (Å²) in [6.45, 7) is 8.01. The van der Waals surface area contributed by atoms with E-state index < -0.39 is 0 Å². The van der Waals surface area contributed by atoms with Crippen molar-refractivity contribution in [2.24, 2.45) is 5.73 Å². The van der Waals surface area contributed by atoms with Gasteiger partial charge in [-0.15, -0.1) is 0 Å². The molecule has 1 unspecified atom stereocenters. The van der Waals surface area contributed by atoms with Gasteiger partial charge in [-0.25, -0.2) is 0 Å². The summed E-state index contributed by atoms with van der Waals surface area (Å²) < 4.78 is 5.77. The van der Waals surface area contributed by atoms with Gasteiger partial charge >= 0.3 is 0 Å². The first-order valence-corrected chi connectivity index (χ1v) is 6.94. The van der Waals surface area contributed by atoms with Gasteiger partial charge in [-0.3, -0.25) is 0 Å². The van der Waals surface area contributed by atoms with Crippen LogP contribution in [0.1, 0.15) is 32.8 Å². The summed E-state index contributed by atoms with van der Waals surface area (Å²) in [6.07, 6.45) is 0.949. The Hall–Kier alpha value is -1.06. The van der Waals surface area contributed by atoms with Crippen molar-refractivity contribution >= 4 is 0 Å². The van der Waals surface area contributed by atoms with Crippen molar-refractivity contribution in [1.82, 2.24) is 4.90 Å². The van der Waals surface area contributed by atoms with E-state index in [1.54, 1.807) is 0 Å². The van der Waals surface area contributed by atoms with E-state index in [0.717, 1.165) is 12.2 Å². The number of nitrogens with two attached hydrogens (primary N) is 1. The number of hydrogen-bond donors (Lipinski definition) is 1. The van der Waals surface area contributed by atoms with Gasteiger partial charge < -0.3 is 15.4 Å². The largest absolute Gasteiger partial charge is 0.494 e. The first-order chi connectivity index (χ1) is 8.84. The fourth-order valence-electron chi connectivity index (χ4n) is 1.95. The quantitative estimate of drug-likeness (QED) is 0.858. The summed E-state index contributed by atoms with van der Waals surface area (Å²) >= 11 is 0. The molecule has 0 saturated carbocycles. The minimum atomic E-state index is 0.189. The fourth-order valence-corrected chi connectivity index (χ4v) is 1.95. The van der Waals surface area contributed by atoms with Gasteiger partial charge in [0.2, 0.25) is 0 Å².